The Balaban J connectivity index is 1.80. The molecule has 0 unspecified atom stereocenters. The van der Waals surface area contributed by atoms with E-state index in [1.807, 2.05) is 26.8 Å². The number of sulfone groups is 1. The third-order valence-electron chi connectivity index (χ3n) is 5.73. The van der Waals surface area contributed by atoms with E-state index in [1.54, 1.807) is 42.5 Å². The van der Waals surface area contributed by atoms with Gasteiger partial charge in [0.05, 0.1) is 16.9 Å². The van der Waals surface area contributed by atoms with Crippen molar-refractivity contribution in [2.24, 2.45) is 0 Å². The zero-order valence-corrected chi connectivity index (χ0v) is 20.8. The molecular formula is C26H27N3O5S. The number of hydrogen-bond donors (Lipinski definition) is 1. The number of hydrogen-bond acceptors (Lipinski definition) is 7. The Hall–Kier alpha value is -3.72. The second-order valence-electron chi connectivity index (χ2n) is 9.29. The van der Waals surface area contributed by atoms with Crippen molar-refractivity contribution in [2.45, 2.75) is 48.8 Å². The first-order chi connectivity index (χ1) is 16.5. The number of phenols is 1. The Kier molecular flexibility index (Phi) is 6.38. The molecule has 182 valence electrons. The molecule has 0 radical (unpaired) electrons. The van der Waals surface area contributed by atoms with Crippen molar-refractivity contribution >= 4 is 26.8 Å². The quantitative estimate of drug-likeness (QED) is 0.397. The van der Waals surface area contributed by atoms with Crippen molar-refractivity contribution in [3.63, 3.8) is 0 Å². The number of carbonyl (C=O) groups excluding carboxylic acids is 1. The second-order valence-corrected chi connectivity index (χ2v) is 11.2. The van der Waals surface area contributed by atoms with Gasteiger partial charge in [0.15, 0.2) is 0 Å². The van der Waals surface area contributed by atoms with E-state index in [-0.39, 0.29) is 33.3 Å². The molecular weight excluding hydrogens is 466 g/mol. The monoisotopic (exact) mass is 493 g/mol. The minimum atomic E-state index is -3.72. The van der Waals surface area contributed by atoms with Gasteiger partial charge in [-0.05, 0) is 53.8 Å². The van der Waals surface area contributed by atoms with Gasteiger partial charge in [-0.3, -0.25) is 4.79 Å². The van der Waals surface area contributed by atoms with Crippen LogP contribution < -0.4 is 0 Å². The summed E-state index contributed by atoms with van der Waals surface area (Å²) in [5.41, 5.74) is 2.32. The van der Waals surface area contributed by atoms with Crippen molar-refractivity contribution in [1.29, 1.82) is 0 Å². The van der Waals surface area contributed by atoms with Crippen LogP contribution in [0, 0.1) is 0 Å². The van der Waals surface area contributed by atoms with Crippen LogP contribution in [0.15, 0.2) is 70.5 Å². The van der Waals surface area contributed by atoms with Crippen molar-refractivity contribution in [2.75, 3.05) is 7.11 Å². The average molecular weight is 494 g/mol. The van der Waals surface area contributed by atoms with E-state index in [2.05, 4.69) is 10.2 Å². The third kappa shape index (κ3) is 4.90. The highest BCUT2D eigenvalue weighted by Crippen LogP contribution is 2.36. The van der Waals surface area contributed by atoms with Gasteiger partial charge in [-0.25, -0.2) is 8.42 Å². The molecule has 1 aromatic heterocycles. The molecule has 8 nitrogen and oxygen atoms in total. The van der Waals surface area contributed by atoms with Crippen molar-refractivity contribution in [3.05, 3.63) is 71.8 Å². The fourth-order valence-electron chi connectivity index (χ4n) is 3.80. The molecule has 0 saturated heterocycles. The number of ether oxygens (including phenoxy) is 1. The highest BCUT2D eigenvalue weighted by molar-refractivity contribution is 7.91. The molecule has 0 aliphatic carbocycles. The summed E-state index contributed by atoms with van der Waals surface area (Å²) < 4.78 is 30.8. The molecule has 0 atom stereocenters. The molecule has 1 N–H and O–H groups in total. The second kappa shape index (κ2) is 9.14. The first kappa shape index (κ1) is 24.4. The maximum Gasteiger partial charge on any atom is 0.305 e. The van der Waals surface area contributed by atoms with Crippen LogP contribution >= 0.6 is 0 Å². The lowest BCUT2D eigenvalue weighted by molar-refractivity contribution is -0.140. The van der Waals surface area contributed by atoms with Gasteiger partial charge in [0.1, 0.15) is 22.5 Å². The molecule has 3 aromatic carbocycles. The van der Waals surface area contributed by atoms with E-state index in [9.17, 15) is 18.3 Å². The number of methoxy groups -OCH3 is 1. The predicted molar refractivity (Wildman–Crippen MR) is 131 cm³/mol. The zero-order chi connectivity index (χ0) is 25.4. The number of phenolic OH excluding ortho intramolecular Hbond substituents is 1. The van der Waals surface area contributed by atoms with E-state index >= 15 is 0 Å². The summed E-state index contributed by atoms with van der Waals surface area (Å²) in [6.45, 7) is 5.93. The molecule has 1 heterocycles. The molecule has 4 rings (SSSR count). The lowest BCUT2D eigenvalue weighted by atomic mass is 9.84. The Morgan fingerprint density at radius 2 is 1.66 bits per heavy atom. The largest absolute Gasteiger partial charge is 0.505 e. The molecule has 0 amide bonds. The number of aromatic hydroxyl groups is 1. The third-order valence-corrected chi connectivity index (χ3v) is 7.50. The van der Waals surface area contributed by atoms with Gasteiger partial charge in [0, 0.05) is 12.0 Å². The first-order valence-corrected chi connectivity index (χ1v) is 12.6. The van der Waals surface area contributed by atoms with Crippen LogP contribution in [-0.2, 0) is 31.2 Å². The maximum atomic E-state index is 13.0. The predicted octanol–water partition coefficient (Wildman–Crippen LogP) is 4.36. The summed E-state index contributed by atoms with van der Waals surface area (Å²) in [6, 6.07) is 16.4. The number of benzene rings is 3. The summed E-state index contributed by atoms with van der Waals surface area (Å²) >= 11 is 0. The topological polar surface area (TPSA) is 111 Å². The fraction of sp³-hybridized carbons (Fsp3) is 0.269. The van der Waals surface area contributed by atoms with Crippen LogP contribution in [0.4, 0.5) is 0 Å². The van der Waals surface area contributed by atoms with Gasteiger partial charge < -0.3 is 9.84 Å². The number of rotatable bonds is 6. The zero-order valence-electron chi connectivity index (χ0n) is 20.0. The van der Waals surface area contributed by atoms with E-state index in [4.69, 9.17) is 4.74 Å². The van der Waals surface area contributed by atoms with Gasteiger partial charge in [0.25, 0.3) is 0 Å². The van der Waals surface area contributed by atoms with Crippen LogP contribution in [0.2, 0.25) is 0 Å². The average Bonchev–Trinajstić information content (AvgIpc) is 3.26. The lowest BCUT2D eigenvalue weighted by Crippen LogP contribution is -2.14. The molecule has 0 saturated carbocycles. The molecule has 0 bridgehead atoms. The maximum absolute atomic E-state index is 13.0. The smallest absolute Gasteiger partial charge is 0.305 e. The van der Waals surface area contributed by atoms with Crippen LogP contribution in [0.3, 0.4) is 0 Å². The number of carbonyl (C=O) groups is 1. The Morgan fingerprint density at radius 3 is 2.31 bits per heavy atom. The molecule has 9 heteroatoms. The van der Waals surface area contributed by atoms with Gasteiger partial charge >= 0.3 is 5.97 Å². The first-order valence-electron chi connectivity index (χ1n) is 11.1. The summed E-state index contributed by atoms with van der Waals surface area (Å²) in [5, 5.41) is 20.0. The summed E-state index contributed by atoms with van der Waals surface area (Å²) in [7, 11) is -2.37. The number of esters is 1. The van der Waals surface area contributed by atoms with Crippen molar-refractivity contribution < 1.29 is 23.1 Å². The number of aromatic nitrogens is 3. The summed E-state index contributed by atoms with van der Waals surface area (Å²) in [6.07, 6.45) is 0.614. The lowest BCUT2D eigenvalue weighted by Gasteiger charge is -2.23. The van der Waals surface area contributed by atoms with E-state index in [1.165, 1.54) is 24.0 Å². The van der Waals surface area contributed by atoms with Crippen molar-refractivity contribution in [3.8, 4) is 11.4 Å². The summed E-state index contributed by atoms with van der Waals surface area (Å²) in [5.74, 6) is -0.302. The highest BCUT2D eigenvalue weighted by atomic mass is 32.2. The van der Waals surface area contributed by atoms with Gasteiger partial charge in [-0.1, -0.05) is 45.0 Å². The normalized spacial score (nSPS) is 12.1. The molecule has 0 spiro atoms. The molecule has 0 aliphatic rings. The standard InChI is InChI=1S/C26H27N3O5S/c1-26(2,3)20-14-17(10-13-24(30)34-4)15-23(25(20)31)29-27-21-12-11-19(16-22(21)28-29)35(32,33)18-8-6-5-7-9-18/h5-9,11-12,14-16,31H,10,13H2,1-4H3. The highest BCUT2D eigenvalue weighted by Gasteiger charge is 2.24. The van der Waals surface area contributed by atoms with Crippen LogP contribution in [0.5, 0.6) is 5.75 Å². The molecule has 0 fully saturated rings. The Bertz CT molecular complexity index is 1500. The Labute approximate surface area is 204 Å². The van der Waals surface area contributed by atoms with Crippen LogP contribution in [-0.4, -0.2) is 41.6 Å². The van der Waals surface area contributed by atoms with E-state index < -0.39 is 9.84 Å². The van der Waals surface area contributed by atoms with Crippen molar-refractivity contribution in [1.82, 2.24) is 15.0 Å². The molecule has 0 aliphatic heterocycles. The van der Waals surface area contributed by atoms with E-state index in [0.717, 1.165) is 5.56 Å². The number of aryl methyl sites for hydroxylation is 1. The molecule has 4 aromatic rings. The van der Waals surface area contributed by atoms with Gasteiger partial charge in [-0.15, -0.1) is 15.0 Å². The minimum absolute atomic E-state index is 0.0248. The van der Waals surface area contributed by atoms with Gasteiger partial charge in [-0.2, -0.15) is 0 Å². The van der Waals surface area contributed by atoms with Crippen LogP contribution in [0.25, 0.3) is 16.7 Å². The number of fused-ring (bicyclic) bond motifs is 1. The van der Waals surface area contributed by atoms with E-state index in [0.29, 0.717) is 28.7 Å². The number of nitrogens with zero attached hydrogens (tertiary/aromatic N) is 3. The minimum Gasteiger partial charge on any atom is -0.505 e. The molecule has 35 heavy (non-hydrogen) atoms. The SMILES string of the molecule is COC(=O)CCc1cc(-n2nc3ccc(S(=O)(=O)c4ccccc4)cc3n2)c(O)c(C(C)(C)C)c1. The fourth-order valence-corrected chi connectivity index (χ4v) is 5.10. The van der Waals surface area contributed by atoms with Crippen LogP contribution in [0.1, 0.15) is 38.3 Å². The Morgan fingerprint density at radius 1 is 0.971 bits per heavy atom. The summed E-state index contributed by atoms with van der Waals surface area (Å²) in [4.78, 5) is 13.3. The van der Waals surface area contributed by atoms with Gasteiger partial charge in [0.2, 0.25) is 9.84 Å².